The molecular formula is C10H2Br5F5O2. The highest BCUT2D eigenvalue weighted by Crippen LogP contribution is 2.52. The maximum Gasteiger partial charge on any atom is 0.393 e. The monoisotopic (exact) mass is 644 g/mol. The van der Waals surface area contributed by atoms with Crippen LogP contribution in [0.15, 0.2) is 25.6 Å². The molecule has 0 heterocycles. The Labute approximate surface area is 162 Å². The summed E-state index contributed by atoms with van der Waals surface area (Å²) in [6.45, 7) is 0. The van der Waals surface area contributed by atoms with Gasteiger partial charge in [0.05, 0.1) is 8.95 Å². The fraction of sp³-hybridized carbons (Fsp3) is 0.300. The molecule has 0 saturated carbocycles. The molecule has 0 aliphatic rings. The van der Waals surface area contributed by atoms with Gasteiger partial charge in [-0.1, -0.05) is 15.9 Å². The van der Waals surface area contributed by atoms with Crippen molar-refractivity contribution in [2.75, 3.05) is 0 Å². The lowest BCUT2D eigenvalue weighted by atomic mass is 10.2. The van der Waals surface area contributed by atoms with Gasteiger partial charge in [-0.25, -0.2) is 9.18 Å². The molecule has 1 rings (SSSR count). The Morgan fingerprint density at radius 2 is 1.36 bits per heavy atom. The van der Waals surface area contributed by atoms with Crippen LogP contribution in [0.25, 0.3) is 0 Å². The van der Waals surface area contributed by atoms with E-state index in [1.807, 2.05) is 0 Å². The van der Waals surface area contributed by atoms with Gasteiger partial charge in [-0.2, -0.15) is 17.6 Å². The fourth-order valence-corrected chi connectivity index (χ4v) is 3.92. The molecule has 0 amide bonds. The van der Waals surface area contributed by atoms with Gasteiger partial charge in [-0.15, -0.1) is 0 Å². The Morgan fingerprint density at radius 1 is 0.955 bits per heavy atom. The second-order valence-corrected chi connectivity index (χ2v) is 8.45. The van der Waals surface area contributed by atoms with E-state index in [0.717, 1.165) is 0 Å². The maximum absolute atomic E-state index is 13.7. The van der Waals surface area contributed by atoms with Crippen LogP contribution in [-0.4, -0.2) is 21.3 Å². The van der Waals surface area contributed by atoms with E-state index in [1.54, 1.807) is 15.9 Å². The standard InChI is InChI=1S/C10H2Br5F5O2/c11-3-1-4(12)6(5(13)2-3)22-7(21)8(16,17)9(14,18)10(15,19)20/h1-2H/t9-/m1/s1. The lowest BCUT2D eigenvalue weighted by molar-refractivity contribution is -0.192. The molecule has 0 aliphatic heterocycles. The minimum absolute atomic E-state index is 0.0579. The van der Waals surface area contributed by atoms with Crippen molar-refractivity contribution in [1.29, 1.82) is 0 Å². The van der Waals surface area contributed by atoms with Crippen molar-refractivity contribution in [2.24, 2.45) is 0 Å². The van der Waals surface area contributed by atoms with E-state index in [4.69, 9.17) is 0 Å². The predicted molar refractivity (Wildman–Crippen MR) is 86.8 cm³/mol. The minimum Gasteiger partial charge on any atom is -0.420 e. The first-order valence-electron chi connectivity index (χ1n) is 4.91. The third-order valence-electron chi connectivity index (χ3n) is 2.16. The summed E-state index contributed by atoms with van der Waals surface area (Å²) in [4.78, 5) is 6.74. The summed E-state index contributed by atoms with van der Waals surface area (Å²) >= 11 is 12.0. The molecule has 0 spiro atoms. The number of ether oxygens (including phenoxy) is 1. The third-order valence-corrected chi connectivity index (χ3v) is 5.87. The van der Waals surface area contributed by atoms with Gasteiger partial charge in [-0.05, 0) is 75.9 Å². The fourth-order valence-electron chi connectivity index (χ4n) is 1.09. The molecule has 12 heteroatoms. The van der Waals surface area contributed by atoms with Crippen molar-refractivity contribution in [1.82, 2.24) is 0 Å². The van der Waals surface area contributed by atoms with Crippen LogP contribution in [0.1, 0.15) is 0 Å². The van der Waals surface area contributed by atoms with Crippen LogP contribution in [0.5, 0.6) is 5.75 Å². The van der Waals surface area contributed by atoms with Crippen LogP contribution in [0.3, 0.4) is 0 Å². The van der Waals surface area contributed by atoms with Gasteiger partial charge in [0.1, 0.15) is 0 Å². The molecule has 124 valence electrons. The molecular weight excluding hydrogens is 647 g/mol. The topological polar surface area (TPSA) is 26.3 Å². The van der Waals surface area contributed by atoms with E-state index in [0.29, 0.717) is 4.47 Å². The molecule has 0 radical (unpaired) electrons. The van der Waals surface area contributed by atoms with Gasteiger partial charge in [0.2, 0.25) is 0 Å². The summed E-state index contributed by atoms with van der Waals surface area (Å²) in [7, 11) is 0. The lowest BCUT2D eigenvalue weighted by Crippen LogP contribution is -2.55. The molecule has 0 bridgehead atoms. The Kier molecular flexibility index (Phi) is 6.54. The van der Waals surface area contributed by atoms with E-state index < -0.39 is 27.1 Å². The van der Waals surface area contributed by atoms with E-state index in [-0.39, 0.29) is 8.95 Å². The maximum atomic E-state index is 13.7. The summed E-state index contributed by atoms with van der Waals surface area (Å²) < 4.78 is 67.0. The van der Waals surface area contributed by atoms with E-state index in [2.05, 4.69) is 52.5 Å². The van der Waals surface area contributed by atoms with Crippen LogP contribution >= 0.6 is 79.6 Å². The SMILES string of the molecule is O=C(Oc1c(Br)cc(Br)cc1Br)C(F)(F)[C@](F)(Br)C(F)(F)Br. The minimum atomic E-state index is -5.19. The van der Waals surface area contributed by atoms with Crippen LogP contribution in [0.2, 0.25) is 0 Å². The highest BCUT2D eigenvalue weighted by Gasteiger charge is 2.72. The molecule has 22 heavy (non-hydrogen) atoms. The Hall–Kier alpha value is 0.740. The molecule has 2 nitrogen and oxygen atoms in total. The third kappa shape index (κ3) is 4.04. The average Bonchev–Trinajstić information content (AvgIpc) is 2.31. The zero-order valence-corrected chi connectivity index (χ0v) is 17.7. The van der Waals surface area contributed by atoms with Gasteiger partial charge >= 0.3 is 21.3 Å². The summed E-state index contributed by atoms with van der Waals surface area (Å²) in [5.74, 6) is -8.12. The second-order valence-electron chi connectivity index (χ2n) is 3.73. The van der Waals surface area contributed by atoms with Crippen molar-refractivity contribution < 1.29 is 31.5 Å². The Balaban J connectivity index is 3.18. The highest BCUT2D eigenvalue weighted by atomic mass is 79.9. The molecule has 0 aliphatic carbocycles. The number of esters is 1. The molecule has 0 saturated heterocycles. The number of carbonyl (C=O) groups excluding carboxylic acids is 1. The normalized spacial score (nSPS) is 15.4. The smallest absolute Gasteiger partial charge is 0.393 e. The van der Waals surface area contributed by atoms with Crippen LogP contribution in [0, 0.1) is 0 Å². The summed E-state index contributed by atoms with van der Waals surface area (Å²) in [6.07, 6.45) is 0. The van der Waals surface area contributed by atoms with Crippen molar-refractivity contribution in [2.45, 2.75) is 15.3 Å². The van der Waals surface area contributed by atoms with E-state index in [9.17, 15) is 26.7 Å². The summed E-state index contributed by atoms with van der Waals surface area (Å²) in [5.41, 5.74) is 0. The van der Waals surface area contributed by atoms with Crippen molar-refractivity contribution >= 4 is 85.6 Å². The second kappa shape index (κ2) is 6.93. The lowest BCUT2D eigenvalue weighted by Gasteiger charge is -2.29. The first kappa shape index (κ1) is 20.8. The largest absolute Gasteiger partial charge is 0.420 e. The quantitative estimate of drug-likeness (QED) is 0.160. The average molecular weight is 649 g/mol. The molecule has 1 atom stereocenters. The van der Waals surface area contributed by atoms with Crippen LogP contribution < -0.4 is 4.74 Å². The first-order chi connectivity index (χ1) is 9.71. The zero-order valence-electron chi connectivity index (χ0n) is 9.75. The van der Waals surface area contributed by atoms with Crippen LogP contribution in [0.4, 0.5) is 22.0 Å². The van der Waals surface area contributed by atoms with Gasteiger partial charge < -0.3 is 4.74 Å². The van der Waals surface area contributed by atoms with Crippen LogP contribution in [-0.2, 0) is 4.79 Å². The number of hydrogen-bond acceptors (Lipinski definition) is 2. The molecule has 1 aromatic rings. The Morgan fingerprint density at radius 3 is 1.73 bits per heavy atom. The van der Waals surface area contributed by atoms with Gasteiger partial charge in [0.25, 0.3) is 0 Å². The molecule has 0 unspecified atom stereocenters. The predicted octanol–water partition coefficient (Wildman–Crippen LogP) is 6.56. The number of carbonyl (C=O) groups is 1. The Bertz CT molecular complexity index is 579. The summed E-state index contributed by atoms with van der Waals surface area (Å²) in [5, 5.41) is 0. The molecule has 1 aromatic carbocycles. The van der Waals surface area contributed by atoms with Crippen molar-refractivity contribution in [3.63, 3.8) is 0 Å². The van der Waals surface area contributed by atoms with Gasteiger partial charge in [-0.3, -0.25) is 0 Å². The molecule has 0 fully saturated rings. The number of rotatable bonds is 4. The van der Waals surface area contributed by atoms with Crippen molar-refractivity contribution in [3.8, 4) is 5.75 Å². The van der Waals surface area contributed by atoms with Gasteiger partial charge in [0, 0.05) is 4.47 Å². The van der Waals surface area contributed by atoms with Gasteiger partial charge in [0.15, 0.2) is 5.75 Å². The number of hydrogen-bond donors (Lipinski definition) is 0. The van der Waals surface area contributed by atoms with E-state index >= 15 is 0 Å². The number of benzene rings is 1. The van der Waals surface area contributed by atoms with Crippen molar-refractivity contribution in [3.05, 3.63) is 25.6 Å². The number of alkyl halides is 7. The first-order valence-corrected chi connectivity index (χ1v) is 8.87. The molecule has 0 aromatic heterocycles. The number of halogens is 10. The zero-order chi connectivity index (χ0) is 17.5. The molecule has 0 N–H and O–H groups in total. The van der Waals surface area contributed by atoms with E-state index in [1.165, 1.54) is 28.1 Å². The highest BCUT2D eigenvalue weighted by molar-refractivity contribution is 9.13. The summed E-state index contributed by atoms with van der Waals surface area (Å²) in [6, 6.07) is 2.70.